The van der Waals surface area contributed by atoms with E-state index in [0.717, 1.165) is 68.8 Å². The average molecular weight is 488 g/mol. The van der Waals surface area contributed by atoms with E-state index in [-0.39, 0.29) is 24.8 Å². The van der Waals surface area contributed by atoms with E-state index >= 15 is 0 Å². The van der Waals surface area contributed by atoms with Gasteiger partial charge < -0.3 is 25.8 Å². The summed E-state index contributed by atoms with van der Waals surface area (Å²) in [4.78, 5) is 16.9. The lowest BCUT2D eigenvalue weighted by molar-refractivity contribution is 0.316. The molecule has 4 rings (SSSR count). The number of nitrogens with two attached hydrogens (primary N) is 1. The highest BCUT2D eigenvalue weighted by Crippen LogP contribution is 2.33. The summed E-state index contributed by atoms with van der Waals surface area (Å²) in [5, 5.41) is 7.14. The van der Waals surface area contributed by atoms with Gasteiger partial charge >= 0.3 is 0 Å². The van der Waals surface area contributed by atoms with E-state index in [1.165, 1.54) is 25.7 Å². The predicted molar refractivity (Wildman–Crippen MR) is 137 cm³/mol. The summed E-state index contributed by atoms with van der Waals surface area (Å²) >= 11 is 0. The highest BCUT2D eigenvalue weighted by atomic mass is 35.5. The predicted octanol–water partition coefficient (Wildman–Crippen LogP) is 4.22. The number of nitrogens with zero attached hydrogens (tertiary/aromatic N) is 5. The Bertz CT molecular complexity index is 812. The van der Waals surface area contributed by atoms with Crippen molar-refractivity contribution in [3.63, 3.8) is 0 Å². The van der Waals surface area contributed by atoms with Crippen LogP contribution < -0.4 is 16.4 Å². The molecule has 32 heavy (non-hydrogen) atoms. The van der Waals surface area contributed by atoms with Gasteiger partial charge in [0.1, 0.15) is 0 Å². The molecule has 0 unspecified atom stereocenters. The van der Waals surface area contributed by atoms with Crippen LogP contribution in [0.2, 0.25) is 0 Å². The molecule has 0 radical (unpaired) electrons. The number of likely N-dealkylation sites (N-methyl/N-ethyl adjacent to an activating group) is 1. The monoisotopic (exact) mass is 486 g/mol. The quantitative estimate of drug-likeness (QED) is 0.487. The van der Waals surface area contributed by atoms with E-state index < -0.39 is 0 Å². The zero-order chi connectivity index (χ0) is 20.9. The molecule has 10 heteroatoms. The lowest BCUT2D eigenvalue weighted by atomic mass is 9.92. The number of hydrogen-bond donors (Lipinski definition) is 3. The molecular weight excluding hydrogens is 447 g/mol. The standard InChI is InChI=1S/C22H38N8.2ClH/c1-3-29(4-2)14-13-24-20-19-21(30(15-25-19)18-7-5-6-8-18)28-22(27-20)26-17-11-9-16(23)10-12-17;;/h15-18H,3-14,23H2,1-2H3,(H2,24,26,27,28);2*1H. The van der Waals surface area contributed by atoms with Gasteiger partial charge in [0, 0.05) is 31.2 Å². The number of nitrogens with one attached hydrogen (secondary N) is 2. The molecule has 4 N–H and O–H groups in total. The van der Waals surface area contributed by atoms with Gasteiger partial charge in [-0.25, -0.2) is 4.98 Å². The van der Waals surface area contributed by atoms with Gasteiger partial charge in [-0.05, 0) is 51.6 Å². The number of anilines is 2. The van der Waals surface area contributed by atoms with E-state index in [1.807, 2.05) is 6.33 Å². The van der Waals surface area contributed by atoms with Crippen molar-refractivity contribution in [3.8, 4) is 0 Å². The van der Waals surface area contributed by atoms with Crippen molar-refractivity contribution in [3.05, 3.63) is 6.33 Å². The lowest BCUT2D eigenvalue weighted by Crippen LogP contribution is -2.33. The van der Waals surface area contributed by atoms with E-state index in [9.17, 15) is 0 Å². The Morgan fingerprint density at radius 3 is 2.38 bits per heavy atom. The molecule has 8 nitrogen and oxygen atoms in total. The SMILES string of the molecule is CCN(CC)CCNc1nc(NC2CCC(N)CC2)nc2c1ncn2C1CCCC1.Cl.Cl. The van der Waals surface area contributed by atoms with Gasteiger partial charge in [-0.3, -0.25) is 0 Å². The molecule has 0 aliphatic heterocycles. The van der Waals surface area contributed by atoms with Crippen LogP contribution in [0, 0.1) is 0 Å². The molecule has 0 bridgehead atoms. The average Bonchev–Trinajstić information content (AvgIpc) is 3.42. The van der Waals surface area contributed by atoms with Crippen molar-refractivity contribution in [2.24, 2.45) is 5.73 Å². The minimum absolute atomic E-state index is 0. The van der Waals surface area contributed by atoms with E-state index in [4.69, 9.17) is 20.7 Å². The molecule has 2 aliphatic rings. The first kappa shape index (κ1) is 26.9. The van der Waals surface area contributed by atoms with Crippen LogP contribution in [0.25, 0.3) is 11.2 Å². The van der Waals surface area contributed by atoms with Crippen molar-refractivity contribution in [2.75, 3.05) is 36.8 Å². The second kappa shape index (κ2) is 12.8. The molecule has 2 fully saturated rings. The summed E-state index contributed by atoms with van der Waals surface area (Å²) in [7, 11) is 0. The van der Waals surface area contributed by atoms with Crippen LogP contribution in [0.4, 0.5) is 11.8 Å². The summed E-state index contributed by atoms with van der Waals surface area (Å²) < 4.78 is 2.28. The Morgan fingerprint density at radius 2 is 1.72 bits per heavy atom. The van der Waals surface area contributed by atoms with Crippen LogP contribution in [0.1, 0.15) is 71.3 Å². The second-order valence-corrected chi connectivity index (χ2v) is 8.87. The van der Waals surface area contributed by atoms with Gasteiger partial charge in [-0.2, -0.15) is 9.97 Å². The van der Waals surface area contributed by atoms with E-state index in [1.54, 1.807) is 0 Å². The lowest BCUT2D eigenvalue weighted by Gasteiger charge is -2.27. The first-order valence-corrected chi connectivity index (χ1v) is 11.9. The van der Waals surface area contributed by atoms with Crippen LogP contribution >= 0.6 is 24.8 Å². The first-order chi connectivity index (χ1) is 14.7. The van der Waals surface area contributed by atoms with Crippen molar-refractivity contribution in [1.82, 2.24) is 24.4 Å². The molecule has 2 heterocycles. The number of halogens is 2. The molecule has 0 aromatic carbocycles. The smallest absolute Gasteiger partial charge is 0.227 e. The Morgan fingerprint density at radius 1 is 1.03 bits per heavy atom. The van der Waals surface area contributed by atoms with Crippen molar-refractivity contribution < 1.29 is 0 Å². The van der Waals surface area contributed by atoms with Crippen molar-refractivity contribution in [2.45, 2.75) is 83.3 Å². The van der Waals surface area contributed by atoms with Gasteiger partial charge in [-0.15, -0.1) is 24.8 Å². The maximum Gasteiger partial charge on any atom is 0.227 e. The Labute approximate surface area is 204 Å². The molecule has 0 spiro atoms. The number of aromatic nitrogens is 4. The normalized spacial score (nSPS) is 21.4. The second-order valence-electron chi connectivity index (χ2n) is 8.87. The fourth-order valence-electron chi connectivity index (χ4n) is 4.87. The summed E-state index contributed by atoms with van der Waals surface area (Å²) in [6.07, 6.45) is 11.3. The zero-order valence-corrected chi connectivity index (χ0v) is 21.1. The summed E-state index contributed by atoms with van der Waals surface area (Å²) in [5.74, 6) is 1.56. The van der Waals surface area contributed by atoms with Crippen LogP contribution in [-0.4, -0.2) is 62.7 Å². The molecule has 2 aromatic rings. The summed E-state index contributed by atoms with van der Waals surface area (Å²) in [6, 6.07) is 1.25. The number of imidazole rings is 1. The molecule has 182 valence electrons. The van der Waals surface area contributed by atoms with E-state index in [2.05, 4.69) is 33.9 Å². The highest BCUT2D eigenvalue weighted by Gasteiger charge is 2.23. The fraction of sp³-hybridized carbons (Fsp3) is 0.773. The fourth-order valence-corrected chi connectivity index (χ4v) is 4.87. The molecule has 2 aromatic heterocycles. The highest BCUT2D eigenvalue weighted by molar-refractivity contribution is 5.86. The van der Waals surface area contributed by atoms with Crippen LogP contribution in [0.5, 0.6) is 0 Å². The molecule has 2 saturated carbocycles. The third-order valence-electron chi connectivity index (χ3n) is 6.86. The molecule has 2 aliphatic carbocycles. The maximum atomic E-state index is 6.08. The summed E-state index contributed by atoms with van der Waals surface area (Å²) in [5.41, 5.74) is 7.92. The largest absolute Gasteiger partial charge is 0.367 e. The van der Waals surface area contributed by atoms with Gasteiger partial charge in [0.25, 0.3) is 0 Å². The van der Waals surface area contributed by atoms with Crippen molar-refractivity contribution in [1.29, 1.82) is 0 Å². The van der Waals surface area contributed by atoms with Gasteiger partial charge in [0.15, 0.2) is 17.0 Å². The molecule has 0 amide bonds. The number of hydrogen-bond acceptors (Lipinski definition) is 7. The Kier molecular flexibility index (Phi) is 10.7. The minimum Gasteiger partial charge on any atom is -0.367 e. The Hall–Kier alpha value is -1.35. The third-order valence-corrected chi connectivity index (χ3v) is 6.86. The third kappa shape index (κ3) is 6.37. The minimum atomic E-state index is 0. The molecular formula is C22H40Cl2N8. The maximum absolute atomic E-state index is 6.08. The molecule has 0 saturated heterocycles. The zero-order valence-electron chi connectivity index (χ0n) is 19.4. The van der Waals surface area contributed by atoms with Gasteiger partial charge in [0.05, 0.1) is 6.33 Å². The Balaban J connectivity index is 0.00000181. The molecule has 0 atom stereocenters. The topological polar surface area (TPSA) is 96.9 Å². The van der Waals surface area contributed by atoms with Crippen molar-refractivity contribution >= 4 is 47.7 Å². The van der Waals surface area contributed by atoms with E-state index in [0.29, 0.717) is 24.1 Å². The number of rotatable bonds is 9. The summed E-state index contributed by atoms with van der Waals surface area (Å²) in [6.45, 7) is 8.36. The number of fused-ring (bicyclic) bond motifs is 1. The first-order valence-electron chi connectivity index (χ1n) is 11.9. The van der Waals surface area contributed by atoms with Crippen LogP contribution in [0.15, 0.2) is 6.33 Å². The van der Waals surface area contributed by atoms with Crippen LogP contribution in [-0.2, 0) is 0 Å². The van der Waals surface area contributed by atoms with Crippen LogP contribution in [0.3, 0.4) is 0 Å². The van der Waals surface area contributed by atoms with Gasteiger partial charge in [-0.1, -0.05) is 26.7 Å². The van der Waals surface area contributed by atoms with Gasteiger partial charge in [0.2, 0.25) is 5.95 Å².